The minimum atomic E-state index is 0.0967. The van der Waals surface area contributed by atoms with Crippen LogP contribution < -0.4 is 0 Å². The summed E-state index contributed by atoms with van der Waals surface area (Å²) >= 11 is 0. The second-order valence-corrected chi connectivity index (χ2v) is 2.44. The van der Waals surface area contributed by atoms with Gasteiger partial charge >= 0.3 is 0 Å². The maximum atomic E-state index is 8.38. The van der Waals surface area contributed by atoms with Crippen LogP contribution in [0.2, 0.25) is 0 Å². The number of allylic oxidation sites excluding steroid dienone is 3. The van der Waals surface area contributed by atoms with Crippen molar-refractivity contribution in [3.63, 3.8) is 0 Å². The van der Waals surface area contributed by atoms with Crippen LogP contribution in [0.5, 0.6) is 0 Å². The van der Waals surface area contributed by atoms with Crippen molar-refractivity contribution in [2.24, 2.45) is 0 Å². The molecule has 70 valence electrons. The molecule has 0 saturated heterocycles. The third kappa shape index (κ3) is 9.40. The summed E-state index contributed by atoms with van der Waals surface area (Å²) < 4.78 is 5.02. The SMILES string of the molecule is CCC/C=C/C=C/COCCO. The predicted molar refractivity (Wildman–Crippen MR) is 51.1 cm³/mol. The summed E-state index contributed by atoms with van der Waals surface area (Å²) in [5.74, 6) is 0. The van der Waals surface area contributed by atoms with E-state index >= 15 is 0 Å². The van der Waals surface area contributed by atoms with E-state index in [0.717, 1.165) is 6.42 Å². The Hall–Kier alpha value is -0.600. The van der Waals surface area contributed by atoms with E-state index in [1.807, 2.05) is 18.2 Å². The smallest absolute Gasteiger partial charge is 0.0701 e. The molecule has 1 N–H and O–H groups in total. The van der Waals surface area contributed by atoms with Gasteiger partial charge < -0.3 is 9.84 Å². The van der Waals surface area contributed by atoms with E-state index < -0.39 is 0 Å². The molecule has 0 saturated carbocycles. The highest BCUT2D eigenvalue weighted by Crippen LogP contribution is 1.88. The van der Waals surface area contributed by atoms with Crippen molar-refractivity contribution < 1.29 is 9.84 Å². The second-order valence-electron chi connectivity index (χ2n) is 2.44. The van der Waals surface area contributed by atoms with Gasteiger partial charge in [0.05, 0.1) is 19.8 Å². The molecule has 0 radical (unpaired) electrons. The van der Waals surface area contributed by atoms with Crippen LogP contribution in [0, 0.1) is 0 Å². The average molecular weight is 170 g/mol. The molecule has 0 atom stereocenters. The molecule has 0 spiro atoms. The number of aliphatic hydroxyl groups is 1. The van der Waals surface area contributed by atoms with Crippen molar-refractivity contribution in [2.45, 2.75) is 19.8 Å². The standard InChI is InChI=1S/C10H18O2/c1-2-3-4-5-6-7-9-12-10-8-11/h4-7,11H,2-3,8-10H2,1H3/b5-4+,7-6+. The summed E-state index contributed by atoms with van der Waals surface area (Å²) in [5.41, 5.74) is 0. The van der Waals surface area contributed by atoms with Gasteiger partial charge in [-0.25, -0.2) is 0 Å². The van der Waals surface area contributed by atoms with Crippen molar-refractivity contribution >= 4 is 0 Å². The number of aliphatic hydroxyl groups excluding tert-OH is 1. The Labute approximate surface area is 74.6 Å². The van der Waals surface area contributed by atoms with Crippen LogP contribution in [-0.2, 0) is 4.74 Å². The third-order valence-electron chi connectivity index (χ3n) is 1.29. The zero-order valence-electron chi connectivity index (χ0n) is 7.70. The predicted octanol–water partition coefficient (Wildman–Crippen LogP) is 1.91. The quantitative estimate of drug-likeness (QED) is 0.467. The van der Waals surface area contributed by atoms with Crippen LogP contribution in [0.3, 0.4) is 0 Å². The maximum absolute atomic E-state index is 8.38. The van der Waals surface area contributed by atoms with Gasteiger partial charge in [-0.3, -0.25) is 0 Å². The van der Waals surface area contributed by atoms with Crippen LogP contribution in [0.15, 0.2) is 24.3 Å². The minimum Gasteiger partial charge on any atom is -0.394 e. The van der Waals surface area contributed by atoms with Gasteiger partial charge in [0.2, 0.25) is 0 Å². The molecule has 0 aromatic rings. The molecule has 12 heavy (non-hydrogen) atoms. The molecule has 0 aliphatic heterocycles. The van der Waals surface area contributed by atoms with Gasteiger partial charge in [0.1, 0.15) is 0 Å². The van der Waals surface area contributed by atoms with Gasteiger partial charge in [-0.2, -0.15) is 0 Å². The Morgan fingerprint density at radius 1 is 1.25 bits per heavy atom. The van der Waals surface area contributed by atoms with Gasteiger partial charge in [-0.1, -0.05) is 37.6 Å². The van der Waals surface area contributed by atoms with Gasteiger partial charge in [-0.15, -0.1) is 0 Å². The van der Waals surface area contributed by atoms with E-state index in [9.17, 15) is 0 Å². The molecule has 0 amide bonds. The topological polar surface area (TPSA) is 29.5 Å². The Kier molecular flexibility index (Phi) is 9.88. The monoisotopic (exact) mass is 170 g/mol. The highest BCUT2D eigenvalue weighted by atomic mass is 16.5. The van der Waals surface area contributed by atoms with Crippen molar-refractivity contribution in [2.75, 3.05) is 19.8 Å². The highest BCUT2D eigenvalue weighted by Gasteiger charge is 1.78. The largest absolute Gasteiger partial charge is 0.394 e. The lowest BCUT2D eigenvalue weighted by molar-refractivity contribution is 0.112. The summed E-state index contributed by atoms with van der Waals surface area (Å²) in [7, 11) is 0. The number of hydrogen-bond acceptors (Lipinski definition) is 2. The maximum Gasteiger partial charge on any atom is 0.0701 e. The first-order valence-corrected chi connectivity index (χ1v) is 4.42. The minimum absolute atomic E-state index is 0.0967. The van der Waals surface area contributed by atoms with Crippen LogP contribution in [0.25, 0.3) is 0 Å². The van der Waals surface area contributed by atoms with Gasteiger partial charge in [0.15, 0.2) is 0 Å². The van der Waals surface area contributed by atoms with E-state index in [1.54, 1.807) is 0 Å². The van der Waals surface area contributed by atoms with Crippen molar-refractivity contribution in [1.29, 1.82) is 0 Å². The molecule has 0 heterocycles. The molecule has 0 bridgehead atoms. The molecular weight excluding hydrogens is 152 g/mol. The summed E-state index contributed by atoms with van der Waals surface area (Å²) in [6, 6.07) is 0. The molecule has 0 fully saturated rings. The summed E-state index contributed by atoms with van der Waals surface area (Å²) in [4.78, 5) is 0. The summed E-state index contributed by atoms with van der Waals surface area (Å²) in [5, 5.41) is 8.38. The molecule has 0 aliphatic rings. The zero-order chi connectivity index (χ0) is 9.07. The van der Waals surface area contributed by atoms with E-state index in [1.165, 1.54) is 6.42 Å². The van der Waals surface area contributed by atoms with Crippen LogP contribution >= 0.6 is 0 Å². The Morgan fingerprint density at radius 3 is 2.67 bits per heavy atom. The molecule has 2 heteroatoms. The molecule has 0 rings (SSSR count). The fraction of sp³-hybridized carbons (Fsp3) is 0.600. The Bertz CT molecular complexity index is 128. The zero-order valence-corrected chi connectivity index (χ0v) is 7.70. The third-order valence-corrected chi connectivity index (χ3v) is 1.29. The summed E-state index contributed by atoms with van der Waals surface area (Å²) in [6.07, 6.45) is 10.4. The number of rotatable bonds is 7. The normalized spacial score (nSPS) is 11.8. The van der Waals surface area contributed by atoms with E-state index in [-0.39, 0.29) is 6.61 Å². The van der Waals surface area contributed by atoms with E-state index in [2.05, 4.69) is 13.0 Å². The fourth-order valence-electron chi connectivity index (χ4n) is 0.692. The molecule has 0 unspecified atom stereocenters. The first-order valence-electron chi connectivity index (χ1n) is 4.42. The molecular formula is C10H18O2. The van der Waals surface area contributed by atoms with Gasteiger partial charge in [-0.05, 0) is 6.42 Å². The number of hydrogen-bond donors (Lipinski definition) is 1. The molecule has 0 aromatic carbocycles. The van der Waals surface area contributed by atoms with E-state index in [4.69, 9.17) is 9.84 Å². The number of ether oxygens (including phenoxy) is 1. The van der Waals surface area contributed by atoms with Crippen LogP contribution in [-0.4, -0.2) is 24.9 Å². The van der Waals surface area contributed by atoms with Gasteiger partial charge in [0.25, 0.3) is 0 Å². The molecule has 2 nitrogen and oxygen atoms in total. The van der Waals surface area contributed by atoms with Crippen molar-refractivity contribution in [3.8, 4) is 0 Å². The lowest BCUT2D eigenvalue weighted by Gasteiger charge is -1.93. The van der Waals surface area contributed by atoms with Crippen molar-refractivity contribution in [3.05, 3.63) is 24.3 Å². The first-order chi connectivity index (χ1) is 5.91. The average Bonchev–Trinajstić information content (AvgIpc) is 2.10. The second kappa shape index (κ2) is 10.4. The number of unbranched alkanes of at least 4 members (excludes halogenated alkanes) is 1. The fourth-order valence-corrected chi connectivity index (χ4v) is 0.692. The molecule has 0 aromatic heterocycles. The van der Waals surface area contributed by atoms with Crippen molar-refractivity contribution in [1.82, 2.24) is 0 Å². The lowest BCUT2D eigenvalue weighted by Crippen LogP contribution is -1.97. The lowest BCUT2D eigenvalue weighted by atomic mass is 10.3. The first kappa shape index (κ1) is 11.4. The van der Waals surface area contributed by atoms with Crippen LogP contribution in [0.1, 0.15) is 19.8 Å². The Morgan fingerprint density at radius 2 is 2.00 bits per heavy atom. The molecule has 0 aliphatic carbocycles. The van der Waals surface area contributed by atoms with Crippen LogP contribution in [0.4, 0.5) is 0 Å². The Balaban J connectivity index is 3.13. The van der Waals surface area contributed by atoms with E-state index in [0.29, 0.717) is 13.2 Å². The highest BCUT2D eigenvalue weighted by molar-refractivity contribution is 5.02. The van der Waals surface area contributed by atoms with Gasteiger partial charge in [0, 0.05) is 0 Å². The summed E-state index contributed by atoms with van der Waals surface area (Å²) in [6.45, 7) is 3.25.